The fraction of sp³-hybridized carbons (Fsp3) is 0.882. The maximum absolute atomic E-state index is 5.51. The van der Waals surface area contributed by atoms with Crippen LogP contribution < -0.4 is 0 Å². The van der Waals surface area contributed by atoms with Crippen molar-refractivity contribution in [3.8, 4) is 0 Å². The lowest BCUT2D eigenvalue weighted by Crippen LogP contribution is -1.95. The Kier molecular flexibility index (Phi) is 9.06. The summed E-state index contributed by atoms with van der Waals surface area (Å²) in [7, 11) is 1.83. The highest BCUT2D eigenvalue weighted by atomic mass is 16.5. The summed E-state index contributed by atoms with van der Waals surface area (Å²) in [5.74, 6) is 1.91. The van der Waals surface area contributed by atoms with Crippen LogP contribution in [0.1, 0.15) is 84.0 Å². The minimum absolute atomic E-state index is 0.685. The number of allylic oxidation sites excluding steroid dienone is 2. The summed E-state index contributed by atoms with van der Waals surface area (Å²) in [6.07, 6.45) is 18.9. The van der Waals surface area contributed by atoms with E-state index in [9.17, 15) is 0 Å². The third-order valence-electron chi connectivity index (χ3n) is 4.07. The van der Waals surface area contributed by atoms with Crippen molar-refractivity contribution >= 4 is 0 Å². The van der Waals surface area contributed by atoms with Crippen molar-refractivity contribution in [1.82, 2.24) is 0 Å². The normalized spacial score (nSPS) is 25.7. The van der Waals surface area contributed by atoms with Crippen molar-refractivity contribution in [3.05, 3.63) is 11.8 Å². The highest BCUT2D eigenvalue weighted by Crippen LogP contribution is 2.19. The van der Waals surface area contributed by atoms with Gasteiger partial charge in [0.05, 0.1) is 12.9 Å². The van der Waals surface area contributed by atoms with Crippen LogP contribution >= 0.6 is 0 Å². The summed E-state index contributed by atoms with van der Waals surface area (Å²) < 4.78 is 5.51. The second kappa shape index (κ2) is 10.5. The molecule has 1 nitrogen and oxygen atoms in total. The van der Waals surface area contributed by atoms with Crippen LogP contribution in [0.2, 0.25) is 0 Å². The van der Waals surface area contributed by atoms with Gasteiger partial charge in [0, 0.05) is 6.42 Å². The average molecular weight is 252 g/mol. The summed E-state index contributed by atoms with van der Waals surface area (Å²) >= 11 is 0. The topological polar surface area (TPSA) is 9.23 Å². The third-order valence-corrected chi connectivity index (χ3v) is 4.07. The monoisotopic (exact) mass is 252 g/mol. The van der Waals surface area contributed by atoms with Gasteiger partial charge in [0.2, 0.25) is 0 Å². The van der Waals surface area contributed by atoms with E-state index in [1.807, 2.05) is 7.11 Å². The molecule has 1 atom stereocenters. The Morgan fingerprint density at radius 1 is 0.833 bits per heavy atom. The van der Waals surface area contributed by atoms with Crippen molar-refractivity contribution in [2.75, 3.05) is 7.11 Å². The van der Waals surface area contributed by atoms with Gasteiger partial charge in [-0.25, -0.2) is 0 Å². The highest BCUT2D eigenvalue weighted by molar-refractivity contribution is 4.95. The lowest BCUT2D eigenvalue weighted by atomic mass is 10.0. The van der Waals surface area contributed by atoms with E-state index in [2.05, 4.69) is 13.0 Å². The van der Waals surface area contributed by atoms with E-state index in [0.29, 0.717) is 5.92 Å². The van der Waals surface area contributed by atoms with Gasteiger partial charge in [0.15, 0.2) is 0 Å². The molecule has 1 aliphatic carbocycles. The quantitative estimate of drug-likeness (QED) is 0.569. The molecule has 0 saturated carbocycles. The number of rotatable bonds is 1. The van der Waals surface area contributed by atoms with E-state index in [1.165, 1.54) is 76.4 Å². The predicted octanol–water partition coefficient (Wildman–Crippen LogP) is 5.85. The third kappa shape index (κ3) is 7.79. The smallest absolute Gasteiger partial charge is 0.0918 e. The molecule has 0 spiro atoms. The molecule has 0 heterocycles. The van der Waals surface area contributed by atoms with Gasteiger partial charge in [-0.15, -0.1) is 0 Å². The number of ether oxygens (including phenoxy) is 1. The van der Waals surface area contributed by atoms with Crippen LogP contribution in [-0.2, 0) is 4.74 Å². The summed E-state index contributed by atoms with van der Waals surface area (Å²) in [6, 6.07) is 0. The van der Waals surface area contributed by atoms with Gasteiger partial charge < -0.3 is 4.74 Å². The molecular formula is C17H32O. The molecule has 0 aromatic rings. The SMILES string of the molecule is COC1=CC(C)CCCCCCCCCCCC1. The zero-order valence-electron chi connectivity index (χ0n) is 12.5. The first-order valence-corrected chi connectivity index (χ1v) is 8.07. The second-order valence-corrected chi connectivity index (χ2v) is 5.89. The van der Waals surface area contributed by atoms with E-state index in [1.54, 1.807) is 0 Å². The average Bonchev–Trinajstić information content (AvgIpc) is 2.38. The fourth-order valence-corrected chi connectivity index (χ4v) is 2.83. The van der Waals surface area contributed by atoms with Gasteiger partial charge in [-0.2, -0.15) is 0 Å². The molecule has 0 fully saturated rings. The standard InChI is InChI=1S/C17H32O/c1-16-13-11-9-7-5-3-4-6-8-10-12-14-17(15-16)18-2/h15-16H,3-14H2,1-2H3. The van der Waals surface area contributed by atoms with Crippen LogP contribution in [0.4, 0.5) is 0 Å². The van der Waals surface area contributed by atoms with Gasteiger partial charge in [-0.1, -0.05) is 64.7 Å². The van der Waals surface area contributed by atoms with Gasteiger partial charge in [-0.3, -0.25) is 0 Å². The number of hydrogen-bond donors (Lipinski definition) is 0. The van der Waals surface area contributed by atoms with Crippen LogP contribution in [0.25, 0.3) is 0 Å². The Hall–Kier alpha value is -0.460. The van der Waals surface area contributed by atoms with Crippen LogP contribution in [0.5, 0.6) is 0 Å². The summed E-state index contributed by atoms with van der Waals surface area (Å²) in [5, 5.41) is 0. The molecule has 0 aromatic heterocycles. The first-order chi connectivity index (χ1) is 8.83. The molecule has 1 aliphatic rings. The molecule has 18 heavy (non-hydrogen) atoms. The Morgan fingerprint density at radius 3 is 1.89 bits per heavy atom. The first-order valence-electron chi connectivity index (χ1n) is 8.07. The summed E-state index contributed by atoms with van der Waals surface area (Å²) in [5.41, 5.74) is 0. The zero-order chi connectivity index (χ0) is 13.1. The summed E-state index contributed by atoms with van der Waals surface area (Å²) in [4.78, 5) is 0. The molecule has 0 bridgehead atoms. The molecule has 0 aliphatic heterocycles. The maximum atomic E-state index is 5.51. The number of methoxy groups -OCH3 is 1. The van der Waals surface area contributed by atoms with Crippen LogP contribution in [0.3, 0.4) is 0 Å². The van der Waals surface area contributed by atoms with Gasteiger partial charge in [0.25, 0.3) is 0 Å². The Morgan fingerprint density at radius 2 is 1.33 bits per heavy atom. The zero-order valence-corrected chi connectivity index (χ0v) is 12.5. The molecule has 0 radical (unpaired) electrons. The Bertz CT molecular complexity index is 220. The van der Waals surface area contributed by atoms with Crippen molar-refractivity contribution in [1.29, 1.82) is 0 Å². The van der Waals surface area contributed by atoms with E-state index in [-0.39, 0.29) is 0 Å². The fourth-order valence-electron chi connectivity index (χ4n) is 2.83. The van der Waals surface area contributed by atoms with Gasteiger partial charge in [0.1, 0.15) is 0 Å². The van der Waals surface area contributed by atoms with Gasteiger partial charge >= 0.3 is 0 Å². The van der Waals surface area contributed by atoms with Crippen molar-refractivity contribution in [2.24, 2.45) is 5.92 Å². The van der Waals surface area contributed by atoms with Crippen LogP contribution in [0.15, 0.2) is 11.8 Å². The van der Waals surface area contributed by atoms with Crippen LogP contribution in [0, 0.1) is 5.92 Å². The minimum Gasteiger partial charge on any atom is -0.501 e. The molecule has 0 amide bonds. The van der Waals surface area contributed by atoms with E-state index in [4.69, 9.17) is 4.74 Å². The van der Waals surface area contributed by atoms with Crippen molar-refractivity contribution < 1.29 is 4.74 Å². The second-order valence-electron chi connectivity index (χ2n) is 5.89. The molecule has 1 rings (SSSR count). The lowest BCUT2D eigenvalue weighted by Gasteiger charge is -2.10. The highest BCUT2D eigenvalue weighted by Gasteiger charge is 2.04. The number of hydrogen-bond acceptors (Lipinski definition) is 1. The largest absolute Gasteiger partial charge is 0.501 e. The molecule has 106 valence electrons. The summed E-state index contributed by atoms with van der Waals surface area (Å²) in [6.45, 7) is 2.33. The molecule has 0 N–H and O–H groups in total. The first kappa shape index (κ1) is 15.6. The van der Waals surface area contributed by atoms with Crippen LogP contribution in [-0.4, -0.2) is 7.11 Å². The minimum atomic E-state index is 0.685. The molecular weight excluding hydrogens is 220 g/mol. The molecule has 0 aromatic carbocycles. The van der Waals surface area contributed by atoms with E-state index in [0.717, 1.165) is 6.42 Å². The van der Waals surface area contributed by atoms with E-state index < -0.39 is 0 Å². The molecule has 1 unspecified atom stereocenters. The van der Waals surface area contributed by atoms with Gasteiger partial charge in [-0.05, 0) is 24.8 Å². The van der Waals surface area contributed by atoms with E-state index >= 15 is 0 Å². The Labute approximate surface area is 114 Å². The Balaban J connectivity index is 2.37. The van der Waals surface area contributed by atoms with Crippen molar-refractivity contribution in [3.63, 3.8) is 0 Å². The van der Waals surface area contributed by atoms with Crippen molar-refractivity contribution in [2.45, 2.75) is 84.0 Å². The lowest BCUT2D eigenvalue weighted by molar-refractivity contribution is 0.269. The maximum Gasteiger partial charge on any atom is 0.0918 e. The predicted molar refractivity (Wildman–Crippen MR) is 79.7 cm³/mol. The molecule has 1 heteroatoms. The molecule has 0 saturated heterocycles.